The Kier molecular flexibility index (Phi) is 6.24. The average molecular weight is 390 g/mol. The van der Waals surface area contributed by atoms with Crippen molar-refractivity contribution in [2.75, 3.05) is 27.3 Å². The van der Waals surface area contributed by atoms with E-state index in [1.54, 1.807) is 14.2 Å². The second-order valence-electron chi connectivity index (χ2n) is 6.70. The van der Waals surface area contributed by atoms with Gasteiger partial charge in [0.25, 0.3) is 0 Å². The molecule has 2 unspecified atom stereocenters. The van der Waals surface area contributed by atoms with Crippen LogP contribution in [0, 0.1) is 5.92 Å². The third-order valence-corrected chi connectivity index (χ3v) is 5.44. The summed E-state index contributed by atoms with van der Waals surface area (Å²) in [6.07, 6.45) is 1.51. The summed E-state index contributed by atoms with van der Waals surface area (Å²) in [5, 5.41) is 10.2. The van der Waals surface area contributed by atoms with E-state index in [-0.39, 0.29) is 12.0 Å². The fourth-order valence-electron chi connectivity index (χ4n) is 3.75. The van der Waals surface area contributed by atoms with Gasteiger partial charge in [-0.15, -0.1) is 0 Å². The normalized spacial score (nSPS) is 18.7. The molecular weight excluding hydrogens is 366 g/mol. The van der Waals surface area contributed by atoms with Crippen molar-refractivity contribution < 1.29 is 19.4 Å². The zero-order chi connectivity index (χ0) is 19.4. The van der Waals surface area contributed by atoms with E-state index in [9.17, 15) is 9.90 Å². The summed E-state index contributed by atoms with van der Waals surface area (Å²) in [5.74, 6) is 0.295. The van der Waals surface area contributed by atoms with Gasteiger partial charge in [0, 0.05) is 17.1 Å². The predicted molar refractivity (Wildman–Crippen MR) is 105 cm³/mol. The summed E-state index contributed by atoms with van der Waals surface area (Å²) >= 11 is 6.54. The summed E-state index contributed by atoms with van der Waals surface area (Å²) < 4.78 is 11.0. The molecule has 1 heterocycles. The monoisotopic (exact) mass is 389 g/mol. The fourth-order valence-corrected chi connectivity index (χ4v) is 3.99. The van der Waals surface area contributed by atoms with Gasteiger partial charge in [-0.2, -0.15) is 0 Å². The quantitative estimate of drug-likeness (QED) is 0.800. The summed E-state index contributed by atoms with van der Waals surface area (Å²) in [5.41, 5.74) is 1.84. The Labute approximate surface area is 164 Å². The molecule has 2 atom stereocenters. The van der Waals surface area contributed by atoms with Crippen LogP contribution >= 0.6 is 11.6 Å². The Bertz CT molecular complexity index is 811. The van der Waals surface area contributed by atoms with Crippen molar-refractivity contribution >= 4 is 17.6 Å². The Balaban J connectivity index is 2.11. The van der Waals surface area contributed by atoms with E-state index in [1.165, 1.54) is 0 Å². The van der Waals surface area contributed by atoms with Crippen molar-refractivity contribution in [3.05, 3.63) is 58.6 Å². The van der Waals surface area contributed by atoms with E-state index >= 15 is 0 Å². The third kappa shape index (κ3) is 4.20. The molecule has 3 rings (SSSR count). The molecule has 144 valence electrons. The first-order valence-corrected chi connectivity index (χ1v) is 9.36. The van der Waals surface area contributed by atoms with Gasteiger partial charge >= 0.3 is 5.97 Å². The van der Waals surface area contributed by atoms with Gasteiger partial charge in [0.1, 0.15) is 11.5 Å². The number of ether oxygens (including phenoxy) is 2. The fraction of sp³-hybridized carbons (Fsp3) is 0.381. The molecule has 0 aliphatic carbocycles. The maximum Gasteiger partial charge on any atom is 0.307 e. The minimum atomic E-state index is -0.754. The van der Waals surface area contributed by atoms with Crippen LogP contribution in [0.3, 0.4) is 0 Å². The lowest BCUT2D eigenvalue weighted by molar-refractivity contribution is -0.143. The minimum Gasteiger partial charge on any atom is -0.497 e. The van der Waals surface area contributed by atoms with Gasteiger partial charge in [-0.1, -0.05) is 29.8 Å². The number of likely N-dealkylation sites (tertiary alicyclic amines) is 1. The average Bonchev–Trinajstić information content (AvgIpc) is 2.69. The standard InChI is InChI=1S/C21H24ClNO4/c1-26-15-9-10-19(27-2)17(12-15)20(16-7-3-4-8-18(16)22)23-11-5-6-14(13-23)21(24)25/h3-4,7-10,12,14,20H,5-6,11,13H2,1-2H3,(H,24,25). The molecule has 1 aliphatic heterocycles. The molecule has 1 aliphatic rings. The molecule has 0 saturated carbocycles. The summed E-state index contributed by atoms with van der Waals surface area (Å²) in [6.45, 7) is 1.26. The summed E-state index contributed by atoms with van der Waals surface area (Å²) in [6, 6.07) is 13.1. The lowest BCUT2D eigenvalue weighted by Gasteiger charge is -2.38. The second-order valence-corrected chi connectivity index (χ2v) is 7.11. The zero-order valence-corrected chi connectivity index (χ0v) is 16.3. The van der Waals surface area contributed by atoms with Crippen LogP contribution in [0.2, 0.25) is 5.02 Å². The van der Waals surface area contributed by atoms with Crippen molar-refractivity contribution in [1.29, 1.82) is 0 Å². The van der Waals surface area contributed by atoms with Crippen molar-refractivity contribution in [3.63, 3.8) is 0 Å². The topological polar surface area (TPSA) is 59.0 Å². The largest absolute Gasteiger partial charge is 0.497 e. The van der Waals surface area contributed by atoms with Gasteiger partial charge in [0.15, 0.2) is 0 Å². The van der Waals surface area contributed by atoms with Crippen LogP contribution in [0.5, 0.6) is 11.5 Å². The zero-order valence-electron chi connectivity index (χ0n) is 15.5. The minimum absolute atomic E-state index is 0.217. The highest BCUT2D eigenvalue weighted by Crippen LogP contribution is 2.41. The van der Waals surface area contributed by atoms with E-state index in [0.29, 0.717) is 18.0 Å². The van der Waals surface area contributed by atoms with Crippen LogP contribution in [-0.4, -0.2) is 43.3 Å². The van der Waals surface area contributed by atoms with Crippen LogP contribution in [-0.2, 0) is 4.79 Å². The van der Waals surface area contributed by atoms with Crippen molar-refractivity contribution in [2.45, 2.75) is 18.9 Å². The lowest BCUT2D eigenvalue weighted by atomic mass is 9.91. The summed E-state index contributed by atoms with van der Waals surface area (Å²) in [4.78, 5) is 13.8. The number of methoxy groups -OCH3 is 2. The van der Waals surface area contributed by atoms with Crippen molar-refractivity contribution in [3.8, 4) is 11.5 Å². The maximum atomic E-state index is 11.6. The number of hydrogen-bond acceptors (Lipinski definition) is 4. The number of piperidine rings is 1. The van der Waals surface area contributed by atoms with E-state index in [0.717, 1.165) is 35.6 Å². The van der Waals surface area contributed by atoms with Crippen molar-refractivity contribution in [1.82, 2.24) is 4.90 Å². The number of benzene rings is 2. The first-order chi connectivity index (χ1) is 13.0. The lowest BCUT2D eigenvalue weighted by Crippen LogP contribution is -2.41. The molecule has 0 radical (unpaired) electrons. The number of rotatable bonds is 6. The molecule has 1 saturated heterocycles. The van der Waals surface area contributed by atoms with Crippen LogP contribution in [0.25, 0.3) is 0 Å². The first kappa shape index (κ1) is 19.5. The van der Waals surface area contributed by atoms with Gasteiger partial charge in [-0.25, -0.2) is 0 Å². The maximum absolute atomic E-state index is 11.6. The predicted octanol–water partition coefficient (Wildman–Crippen LogP) is 4.24. The highest BCUT2D eigenvalue weighted by atomic mass is 35.5. The number of aliphatic carboxylic acids is 1. The van der Waals surface area contributed by atoms with E-state index in [2.05, 4.69) is 4.90 Å². The van der Waals surface area contributed by atoms with Gasteiger partial charge in [0.2, 0.25) is 0 Å². The number of carboxylic acids is 1. The molecule has 6 heteroatoms. The van der Waals surface area contributed by atoms with Crippen LogP contribution in [0.1, 0.15) is 30.0 Å². The Morgan fingerprint density at radius 2 is 1.96 bits per heavy atom. The Morgan fingerprint density at radius 3 is 2.63 bits per heavy atom. The number of halogens is 1. The van der Waals surface area contributed by atoms with Crippen LogP contribution in [0.15, 0.2) is 42.5 Å². The molecule has 0 bridgehead atoms. The van der Waals surface area contributed by atoms with Crippen LogP contribution in [0.4, 0.5) is 0 Å². The first-order valence-electron chi connectivity index (χ1n) is 8.98. The SMILES string of the molecule is COc1ccc(OC)c(C(c2ccccc2Cl)N2CCCC(C(=O)O)C2)c1. The number of carbonyl (C=O) groups is 1. The molecule has 27 heavy (non-hydrogen) atoms. The molecule has 5 nitrogen and oxygen atoms in total. The third-order valence-electron chi connectivity index (χ3n) is 5.10. The molecule has 1 N–H and O–H groups in total. The number of hydrogen-bond donors (Lipinski definition) is 1. The van der Waals surface area contributed by atoms with Gasteiger partial charge in [-0.05, 0) is 49.2 Å². The number of nitrogens with zero attached hydrogens (tertiary/aromatic N) is 1. The molecule has 1 fully saturated rings. The van der Waals surface area contributed by atoms with Crippen molar-refractivity contribution in [2.24, 2.45) is 5.92 Å². The number of carboxylic acid groups (broad SMARTS) is 1. The van der Waals surface area contributed by atoms with Gasteiger partial charge < -0.3 is 14.6 Å². The second kappa shape index (κ2) is 8.63. The highest BCUT2D eigenvalue weighted by Gasteiger charge is 2.33. The highest BCUT2D eigenvalue weighted by molar-refractivity contribution is 6.31. The molecule has 0 spiro atoms. The molecule has 0 aromatic heterocycles. The summed E-state index contributed by atoms with van der Waals surface area (Å²) in [7, 11) is 3.25. The van der Waals surface area contributed by atoms with E-state index in [1.807, 2.05) is 42.5 Å². The Hall–Kier alpha value is -2.24. The van der Waals surface area contributed by atoms with Gasteiger partial charge in [0.05, 0.1) is 26.2 Å². The Morgan fingerprint density at radius 1 is 1.19 bits per heavy atom. The molecular formula is C21H24ClNO4. The van der Waals surface area contributed by atoms with Crippen LogP contribution < -0.4 is 9.47 Å². The van der Waals surface area contributed by atoms with E-state index < -0.39 is 5.97 Å². The molecule has 0 amide bonds. The van der Waals surface area contributed by atoms with E-state index in [4.69, 9.17) is 21.1 Å². The molecule has 2 aromatic carbocycles. The molecule has 2 aromatic rings. The smallest absolute Gasteiger partial charge is 0.307 e. The van der Waals surface area contributed by atoms with Gasteiger partial charge in [-0.3, -0.25) is 9.69 Å².